The highest BCUT2D eigenvalue weighted by Crippen LogP contribution is 2.36. The van der Waals surface area contributed by atoms with Crippen molar-refractivity contribution in [3.63, 3.8) is 0 Å². The van der Waals surface area contributed by atoms with Gasteiger partial charge in [0, 0.05) is 44.7 Å². The highest BCUT2D eigenvalue weighted by molar-refractivity contribution is 7.90. The van der Waals surface area contributed by atoms with Crippen LogP contribution in [0.25, 0.3) is 0 Å². The highest BCUT2D eigenvalue weighted by atomic mass is 32.2. The minimum Gasteiger partial charge on any atom is -0.373 e. The monoisotopic (exact) mass is 351 g/mol. The highest BCUT2D eigenvalue weighted by Gasteiger charge is 2.45. The molecule has 4 rings (SSSR count). The summed E-state index contributed by atoms with van der Waals surface area (Å²) in [4.78, 5) is 6.45. The van der Waals surface area contributed by atoms with Crippen LogP contribution >= 0.6 is 0 Å². The van der Waals surface area contributed by atoms with Crippen molar-refractivity contribution < 1.29 is 13.2 Å². The van der Waals surface area contributed by atoms with E-state index >= 15 is 0 Å². The lowest BCUT2D eigenvalue weighted by Gasteiger charge is -2.38. The number of rotatable bonds is 5. The predicted molar refractivity (Wildman–Crippen MR) is 90.9 cm³/mol. The standard InChI is InChI=1S/C17H25N3O3S/c21-24(22,16-1-2-16)19-15-5-10-23-17(11-15)6-9-20(13-17)12-14-3-7-18-8-4-14/h3-4,7-8,15-16,19H,1-2,5-6,9-13H2/t15-,17+/m0/s1. The van der Waals surface area contributed by atoms with Crippen molar-refractivity contribution in [3.8, 4) is 0 Å². The number of aromatic nitrogens is 1. The second-order valence-corrected chi connectivity index (χ2v) is 9.39. The van der Waals surface area contributed by atoms with E-state index in [1.165, 1.54) is 5.56 Å². The van der Waals surface area contributed by atoms with E-state index in [2.05, 4.69) is 14.6 Å². The normalized spacial score (nSPS) is 31.6. The van der Waals surface area contributed by atoms with Gasteiger partial charge in [-0.2, -0.15) is 0 Å². The summed E-state index contributed by atoms with van der Waals surface area (Å²) in [7, 11) is -3.12. The van der Waals surface area contributed by atoms with Crippen molar-refractivity contribution in [3.05, 3.63) is 30.1 Å². The van der Waals surface area contributed by atoms with E-state index < -0.39 is 10.0 Å². The molecule has 0 amide bonds. The number of hydrogen-bond donors (Lipinski definition) is 1. The summed E-state index contributed by atoms with van der Waals surface area (Å²) in [5.74, 6) is 0. The number of ether oxygens (including phenoxy) is 1. The smallest absolute Gasteiger partial charge is 0.214 e. The zero-order valence-corrected chi connectivity index (χ0v) is 14.7. The summed E-state index contributed by atoms with van der Waals surface area (Å²) in [6.45, 7) is 3.40. The van der Waals surface area contributed by atoms with Crippen LogP contribution in [0.3, 0.4) is 0 Å². The first-order valence-electron chi connectivity index (χ1n) is 8.81. The number of hydrogen-bond acceptors (Lipinski definition) is 5. The van der Waals surface area contributed by atoms with Crippen LogP contribution in [0.15, 0.2) is 24.5 Å². The van der Waals surface area contributed by atoms with Gasteiger partial charge in [-0.3, -0.25) is 9.88 Å². The molecule has 0 radical (unpaired) electrons. The fraction of sp³-hybridized carbons (Fsp3) is 0.706. The summed E-state index contributed by atoms with van der Waals surface area (Å²) in [5.41, 5.74) is 1.06. The quantitative estimate of drug-likeness (QED) is 0.865. The molecule has 1 saturated carbocycles. The molecular formula is C17H25N3O3S. The molecule has 0 bridgehead atoms. The van der Waals surface area contributed by atoms with Gasteiger partial charge in [0.2, 0.25) is 10.0 Å². The summed E-state index contributed by atoms with van der Waals surface area (Å²) in [5, 5.41) is -0.150. The lowest BCUT2D eigenvalue weighted by molar-refractivity contribution is -0.0779. The Labute approximate surface area is 143 Å². The fourth-order valence-electron chi connectivity index (χ4n) is 3.93. The van der Waals surface area contributed by atoms with E-state index in [1.807, 2.05) is 24.5 Å². The molecule has 132 valence electrons. The number of likely N-dealkylation sites (tertiary alicyclic amines) is 1. The number of nitrogens with zero attached hydrogens (tertiary/aromatic N) is 2. The Bertz CT molecular complexity index is 678. The van der Waals surface area contributed by atoms with Crippen molar-refractivity contribution in [1.29, 1.82) is 0 Å². The van der Waals surface area contributed by atoms with Crippen LogP contribution in [0.4, 0.5) is 0 Å². The van der Waals surface area contributed by atoms with Crippen LogP contribution in [0.2, 0.25) is 0 Å². The van der Waals surface area contributed by atoms with Crippen molar-refractivity contribution >= 4 is 10.0 Å². The van der Waals surface area contributed by atoms with Crippen molar-refractivity contribution in [2.24, 2.45) is 0 Å². The molecule has 6 nitrogen and oxygen atoms in total. The first kappa shape index (κ1) is 16.4. The molecule has 1 aliphatic carbocycles. The Morgan fingerprint density at radius 2 is 2.08 bits per heavy atom. The van der Waals surface area contributed by atoms with Gasteiger partial charge in [-0.15, -0.1) is 0 Å². The molecule has 1 aromatic rings. The van der Waals surface area contributed by atoms with E-state index in [0.29, 0.717) is 6.61 Å². The van der Waals surface area contributed by atoms with Gasteiger partial charge >= 0.3 is 0 Å². The molecule has 7 heteroatoms. The van der Waals surface area contributed by atoms with Crippen LogP contribution in [-0.4, -0.2) is 54.9 Å². The van der Waals surface area contributed by atoms with Crippen LogP contribution in [-0.2, 0) is 21.3 Å². The lowest BCUT2D eigenvalue weighted by Crippen LogP contribution is -2.50. The Balaban J connectivity index is 1.37. The maximum absolute atomic E-state index is 12.2. The Morgan fingerprint density at radius 1 is 1.29 bits per heavy atom. The van der Waals surface area contributed by atoms with Gasteiger partial charge in [0.15, 0.2) is 0 Å². The minimum atomic E-state index is -3.12. The fourth-order valence-corrected chi connectivity index (χ4v) is 5.54. The van der Waals surface area contributed by atoms with E-state index in [-0.39, 0.29) is 16.9 Å². The van der Waals surface area contributed by atoms with E-state index in [1.54, 1.807) is 0 Å². The van der Waals surface area contributed by atoms with Crippen LogP contribution < -0.4 is 4.72 Å². The Hall–Kier alpha value is -1.02. The Kier molecular flexibility index (Phi) is 4.36. The molecule has 24 heavy (non-hydrogen) atoms. The SMILES string of the molecule is O=S(=O)(N[C@H]1CCO[C@]2(CCN(Cc3ccncc3)C2)C1)C1CC1. The first-order chi connectivity index (χ1) is 11.5. The summed E-state index contributed by atoms with van der Waals surface area (Å²) >= 11 is 0. The van der Waals surface area contributed by atoms with E-state index in [0.717, 1.165) is 51.7 Å². The van der Waals surface area contributed by atoms with Gasteiger partial charge < -0.3 is 4.74 Å². The zero-order chi connectivity index (χ0) is 16.6. The van der Waals surface area contributed by atoms with Crippen molar-refractivity contribution in [2.45, 2.75) is 55.5 Å². The third-order valence-corrected chi connectivity index (χ3v) is 7.35. The second kappa shape index (κ2) is 6.37. The molecule has 3 fully saturated rings. The molecule has 1 aromatic heterocycles. The number of sulfonamides is 1. The first-order valence-corrected chi connectivity index (χ1v) is 10.4. The zero-order valence-electron chi connectivity index (χ0n) is 13.9. The van der Waals surface area contributed by atoms with E-state index in [4.69, 9.17) is 4.74 Å². The second-order valence-electron chi connectivity index (χ2n) is 7.40. The summed E-state index contributed by atoms with van der Waals surface area (Å²) in [6, 6.07) is 4.10. The summed E-state index contributed by atoms with van der Waals surface area (Å²) in [6.07, 6.45) is 7.79. The van der Waals surface area contributed by atoms with Crippen molar-refractivity contribution in [2.75, 3.05) is 19.7 Å². The number of nitrogens with one attached hydrogen (secondary N) is 1. The van der Waals surface area contributed by atoms with Crippen LogP contribution in [0, 0.1) is 0 Å². The molecule has 2 atom stereocenters. The van der Waals surface area contributed by atoms with Crippen LogP contribution in [0.5, 0.6) is 0 Å². The molecule has 0 aromatic carbocycles. The lowest BCUT2D eigenvalue weighted by atomic mass is 9.90. The van der Waals surface area contributed by atoms with E-state index in [9.17, 15) is 8.42 Å². The van der Waals surface area contributed by atoms with Crippen LogP contribution in [0.1, 0.15) is 37.7 Å². The molecular weight excluding hydrogens is 326 g/mol. The maximum Gasteiger partial charge on any atom is 0.214 e. The topological polar surface area (TPSA) is 71.5 Å². The molecule has 3 heterocycles. The molecule has 1 N–H and O–H groups in total. The minimum absolute atomic E-state index is 0.0187. The third kappa shape index (κ3) is 3.64. The Morgan fingerprint density at radius 3 is 2.83 bits per heavy atom. The van der Waals surface area contributed by atoms with Gasteiger partial charge in [-0.25, -0.2) is 13.1 Å². The van der Waals surface area contributed by atoms with Gasteiger partial charge in [0.25, 0.3) is 0 Å². The average molecular weight is 351 g/mol. The van der Waals surface area contributed by atoms with Gasteiger partial charge in [0.1, 0.15) is 0 Å². The van der Waals surface area contributed by atoms with Gasteiger partial charge in [-0.05, 0) is 49.8 Å². The maximum atomic E-state index is 12.2. The van der Waals surface area contributed by atoms with Gasteiger partial charge in [0.05, 0.1) is 10.9 Å². The number of pyridine rings is 1. The van der Waals surface area contributed by atoms with Crippen molar-refractivity contribution in [1.82, 2.24) is 14.6 Å². The molecule has 1 spiro atoms. The molecule has 3 aliphatic rings. The molecule has 0 unspecified atom stereocenters. The predicted octanol–water partition coefficient (Wildman–Crippen LogP) is 1.29. The summed E-state index contributed by atoms with van der Waals surface area (Å²) < 4.78 is 33.5. The average Bonchev–Trinajstić information content (AvgIpc) is 3.34. The largest absolute Gasteiger partial charge is 0.373 e. The third-order valence-electron chi connectivity index (χ3n) is 5.34. The molecule has 2 saturated heterocycles. The molecule has 2 aliphatic heterocycles. The van der Waals surface area contributed by atoms with Gasteiger partial charge in [-0.1, -0.05) is 0 Å².